The van der Waals surface area contributed by atoms with E-state index < -0.39 is 41.9 Å². The maximum absolute atomic E-state index is 14.5. The average Bonchev–Trinajstić information content (AvgIpc) is 2.57. The molecule has 0 fully saturated rings. The van der Waals surface area contributed by atoms with E-state index in [1.165, 1.54) is 0 Å². The second kappa shape index (κ2) is 10.4. The van der Waals surface area contributed by atoms with E-state index in [1.807, 2.05) is 13.8 Å². The molecule has 3 N–H and O–H groups in total. The van der Waals surface area contributed by atoms with Gasteiger partial charge in [-0.15, -0.1) is 0 Å². The number of hydrogen-bond acceptors (Lipinski definition) is 4. The molecule has 0 aliphatic heterocycles. The summed E-state index contributed by atoms with van der Waals surface area (Å²) in [5, 5.41) is 19.8. The number of anilines is 1. The minimum Gasteiger partial charge on any atom is -0.481 e. The molecule has 1 unspecified atom stereocenters. The molecular weight excluding hydrogens is 362 g/mol. The summed E-state index contributed by atoms with van der Waals surface area (Å²) in [4.78, 5) is 35.4. The maximum atomic E-state index is 14.5. The summed E-state index contributed by atoms with van der Waals surface area (Å²) >= 11 is 0. The lowest BCUT2D eigenvalue weighted by molar-refractivity contribution is -0.140. The molecular formula is C18H24F2N2O5. The highest BCUT2D eigenvalue weighted by atomic mass is 19.1. The largest absolute Gasteiger partial charge is 0.481 e. The Balaban J connectivity index is 3.04. The molecule has 1 atom stereocenters. The second-order valence-electron chi connectivity index (χ2n) is 6.07. The predicted molar refractivity (Wildman–Crippen MR) is 94.9 cm³/mol. The first-order valence-corrected chi connectivity index (χ1v) is 8.70. The van der Waals surface area contributed by atoms with Crippen LogP contribution in [-0.2, 0) is 9.59 Å². The number of carbonyl (C=O) groups is 3. The van der Waals surface area contributed by atoms with Crippen LogP contribution in [0.5, 0.6) is 0 Å². The summed E-state index contributed by atoms with van der Waals surface area (Å²) in [5.41, 5.74) is -0.598. The molecule has 1 amide bonds. The maximum Gasteiger partial charge on any atom is 0.326 e. The summed E-state index contributed by atoms with van der Waals surface area (Å²) < 4.78 is 28.9. The van der Waals surface area contributed by atoms with Crippen LogP contribution < -0.4 is 10.2 Å². The van der Waals surface area contributed by atoms with Crippen molar-refractivity contribution in [1.82, 2.24) is 5.32 Å². The molecule has 0 heterocycles. The zero-order valence-corrected chi connectivity index (χ0v) is 15.3. The lowest BCUT2D eigenvalue weighted by Gasteiger charge is -2.25. The Hall–Kier alpha value is -2.71. The fraction of sp³-hybridized carbons (Fsp3) is 0.500. The Labute approximate surface area is 156 Å². The molecule has 0 aliphatic carbocycles. The number of carboxylic acid groups (broad SMARTS) is 2. The number of aliphatic carboxylic acids is 2. The van der Waals surface area contributed by atoms with Crippen molar-refractivity contribution in [2.45, 2.75) is 45.6 Å². The number of carboxylic acids is 2. The Morgan fingerprint density at radius 2 is 1.59 bits per heavy atom. The third-order valence-electron chi connectivity index (χ3n) is 3.83. The van der Waals surface area contributed by atoms with Gasteiger partial charge in [0.2, 0.25) is 0 Å². The van der Waals surface area contributed by atoms with Crippen molar-refractivity contribution in [1.29, 1.82) is 0 Å². The molecule has 7 nitrogen and oxygen atoms in total. The van der Waals surface area contributed by atoms with Gasteiger partial charge in [0.1, 0.15) is 23.4 Å². The van der Waals surface area contributed by atoms with Gasteiger partial charge >= 0.3 is 11.9 Å². The molecule has 0 saturated heterocycles. The molecule has 0 aliphatic rings. The smallest absolute Gasteiger partial charge is 0.326 e. The zero-order valence-electron chi connectivity index (χ0n) is 15.3. The van der Waals surface area contributed by atoms with Crippen LogP contribution in [0.3, 0.4) is 0 Å². The number of rotatable bonds is 11. The summed E-state index contributed by atoms with van der Waals surface area (Å²) in [7, 11) is 0. The number of benzene rings is 1. The molecule has 27 heavy (non-hydrogen) atoms. The van der Waals surface area contributed by atoms with Crippen LogP contribution >= 0.6 is 0 Å². The van der Waals surface area contributed by atoms with Gasteiger partial charge in [-0.2, -0.15) is 0 Å². The topological polar surface area (TPSA) is 107 Å². The van der Waals surface area contributed by atoms with Gasteiger partial charge < -0.3 is 20.4 Å². The minimum atomic E-state index is -1.48. The number of nitrogens with one attached hydrogen (secondary N) is 1. The van der Waals surface area contributed by atoms with E-state index in [-0.39, 0.29) is 17.7 Å². The highest BCUT2D eigenvalue weighted by molar-refractivity contribution is 5.97. The number of hydrogen-bond donors (Lipinski definition) is 3. The van der Waals surface area contributed by atoms with E-state index in [0.717, 1.165) is 12.1 Å². The highest BCUT2D eigenvalue weighted by Crippen LogP contribution is 2.25. The van der Waals surface area contributed by atoms with Gasteiger partial charge in [0.25, 0.3) is 5.91 Å². The molecule has 0 aromatic heterocycles. The lowest BCUT2D eigenvalue weighted by atomic mass is 10.1. The second-order valence-corrected chi connectivity index (χ2v) is 6.07. The Morgan fingerprint density at radius 3 is 2.00 bits per heavy atom. The van der Waals surface area contributed by atoms with E-state index >= 15 is 0 Å². The first-order chi connectivity index (χ1) is 12.7. The van der Waals surface area contributed by atoms with Gasteiger partial charge in [-0.25, -0.2) is 13.6 Å². The van der Waals surface area contributed by atoms with Crippen LogP contribution in [0.25, 0.3) is 0 Å². The quantitative estimate of drug-likeness (QED) is 0.540. The molecule has 0 spiro atoms. The van der Waals surface area contributed by atoms with Gasteiger partial charge in [-0.05, 0) is 31.4 Å². The number of nitrogens with zero attached hydrogens (tertiary/aromatic N) is 1. The fourth-order valence-corrected chi connectivity index (χ4v) is 2.64. The molecule has 150 valence electrons. The van der Waals surface area contributed by atoms with Crippen molar-refractivity contribution in [3.8, 4) is 0 Å². The first kappa shape index (κ1) is 22.3. The van der Waals surface area contributed by atoms with Gasteiger partial charge in [0.05, 0.1) is 0 Å². The van der Waals surface area contributed by atoms with Crippen LogP contribution in [-0.4, -0.2) is 47.2 Å². The number of amides is 1. The zero-order chi connectivity index (χ0) is 20.6. The van der Waals surface area contributed by atoms with E-state index in [0.29, 0.717) is 25.9 Å². The monoisotopic (exact) mass is 386 g/mol. The standard InChI is InChI=1S/C18H24F2N2O5/c1-3-7-22(8-4-2)16-12(19)9-11(10-13(16)20)17(25)21-14(18(26)27)5-6-15(23)24/h9-10,14H,3-8H2,1-2H3,(H,21,25)(H,23,24)(H,26,27). The van der Waals surface area contributed by atoms with Gasteiger partial charge in [0, 0.05) is 25.1 Å². The molecule has 0 bridgehead atoms. The third-order valence-corrected chi connectivity index (χ3v) is 3.83. The highest BCUT2D eigenvalue weighted by Gasteiger charge is 2.24. The van der Waals surface area contributed by atoms with Crippen molar-refractivity contribution >= 4 is 23.5 Å². The van der Waals surface area contributed by atoms with Crippen molar-refractivity contribution in [3.63, 3.8) is 0 Å². The molecule has 1 rings (SSSR count). The van der Waals surface area contributed by atoms with Crippen LogP contribution in [0, 0.1) is 11.6 Å². The van der Waals surface area contributed by atoms with Gasteiger partial charge in [-0.1, -0.05) is 13.8 Å². The molecule has 1 aromatic rings. The molecule has 9 heteroatoms. The SMILES string of the molecule is CCCN(CCC)c1c(F)cc(C(=O)NC(CCC(=O)O)C(=O)O)cc1F. The van der Waals surface area contributed by atoms with Crippen molar-refractivity contribution < 1.29 is 33.4 Å². The minimum absolute atomic E-state index is 0.226. The van der Waals surface area contributed by atoms with E-state index in [1.54, 1.807) is 4.90 Å². The molecule has 0 radical (unpaired) electrons. The molecule has 0 saturated carbocycles. The Kier molecular flexibility index (Phi) is 8.64. The van der Waals surface area contributed by atoms with Crippen LogP contribution in [0.15, 0.2) is 12.1 Å². The van der Waals surface area contributed by atoms with Gasteiger partial charge in [0.15, 0.2) is 0 Å². The van der Waals surface area contributed by atoms with E-state index in [4.69, 9.17) is 10.2 Å². The van der Waals surface area contributed by atoms with Crippen LogP contribution in [0.1, 0.15) is 49.9 Å². The third kappa shape index (κ3) is 6.50. The summed E-state index contributed by atoms with van der Waals surface area (Å²) in [6, 6.07) is 0.223. The van der Waals surface area contributed by atoms with Crippen molar-refractivity contribution in [3.05, 3.63) is 29.3 Å². The Morgan fingerprint density at radius 1 is 1.07 bits per heavy atom. The summed E-state index contributed by atoms with van der Waals surface area (Å²) in [5.74, 6) is -5.48. The fourth-order valence-electron chi connectivity index (χ4n) is 2.64. The van der Waals surface area contributed by atoms with Gasteiger partial charge in [-0.3, -0.25) is 9.59 Å². The first-order valence-electron chi connectivity index (χ1n) is 8.70. The average molecular weight is 386 g/mol. The van der Waals surface area contributed by atoms with E-state index in [2.05, 4.69) is 5.32 Å². The van der Waals surface area contributed by atoms with Crippen molar-refractivity contribution in [2.75, 3.05) is 18.0 Å². The summed E-state index contributed by atoms with van der Waals surface area (Å²) in [6.07, 6.45) is 0.554. The molecule has 1 aromatic carbocycles. The van der Waals surface area contributed by atoms with Crippen molar-refractivity contribution in [2.24, 2.45) is 0 Å². The lowest BCUT2D eigenvalue weighted by Crippen LogP contribution is -2.41. The van der Waals surface area contributed by atoms with E-state index in [9.17, 15) is 23.2 Å². The predicted octanol–water partition coefficient (Wildman–Crippen LogP) is 2.64. The van der Waals surface area contributed by atoms with Crippen LogP contribution in [0.2, 0.25) is 0 Å². The number of carbonyl (C=O) groups excluding carboxylic acids is 1. The number of halogens is 2. The normalized spacial score (nSPS) is 11.7. The Bertz CT molecular complexity index is 667. The van der Waals surface area contributed by atoms with Crippen LogP contribution in [0.4, 0.5) is 14.5 Å². The summed E-state index contributed by atoms with van der Waals surface area (Å²) in [6.45, 7) is 4.65.